The fraction of sp³-hybridized carbons (Fsp3) is 0.769. The van der Waals surface area contributed by atoms with E-state index >= 15 is 0 Å². The third kappa shape index (κ3) is 2.87. The van der Waals surface area contributed by atoms with Crippen molar-refractivity contribution in [2.75, 3.05) is 20.3 Å². The summed E-state index contributed by atoms with van der Waals surface area (Å²) in [6.45, 7) is 3.97. The fourth-order valence-electron chi connectivity index (χ4n) is 2.78. The van der Waals surface area contributed by atoms with Crippen LogP contribution < -0.4 is 5.32 Å². The summed E-state index contributed by atoms with van der Waals surface area (Å²) in [5.41, 5.74) is 0.118. The van der Waals surface area contributed by atoms with Crippen LogP contribution in [0.25, 0.3) is 0 Å². The van der Waals surface area contributed by atoms with Crippen LogP contribution >= 0.6 is 11.3 Å². The van der Waals surface area contributed by atoms with Crippen LogP contribution in [0.3, 0.4) is 0 Å². The van der Waals surface area contributed by atoms with Gasteiger partial charge in [0.25, 0.3) is 0 Å². The van der Waals surface area contributed by atoms with Crippen LogP contribution in [0.5, 0.6) is 0 Å². The lowest BCUT2D eigenvalue weighted by molar-refractivity contribution is 0.182. The number of ether oxygens (including phenoxy) is 1. The Morgan fingerprint density at radius 1 is 1.65 bits per heavy atom. The van der Waals surface area contributed by atoms with Crippen molar-refractivity contribution in [2.24, 2.45) is 5.92 Å². The van der Waals surface area contributed by atoms with Gasteiger partial charge >= 0.3 is 0 Å². The molecule has 96 valence electrons. The van der Waals surface area contributed by atoms with Crippen molar-refractivity contribution in [2.45, 2.75) is 38.1 Å². The molecule has 0 aliphatic heterocycles. The first kappa shape index (κ1) is 13.0. The second-order valence-electron chi connectivity index (χ2n) is 4.86. The van der Waals surface area contributed by atoms with Crippen molar-refractivity contribution in [3.63, 3.8) is 0 Å². The van der Waals surface area contributed by atoms with E-state index in [0.29, 0.717) is 0 Å². The van der Waals surface area contributed by atoms with Gasteiger partial charge in [-0.2, -0.15) is 0 Å². The summed E-state index contributed by atoms with van der Waals surface area (Å²) in [5, 5.41) is 7.02. The molecule has 2 rings (SSSR count). The van der Waals surface area contributed by atoms with Gasteiger partial charge in [-0.15, -0.1) is 11.3 Å². The average Bonchev–Trinajstić information content (AvgIpc) is 2.99. The zero-order chi connectivity index (χ0) is 12.1. The molecule has 1 aliphatic carbocycles. The zero-order valence-corrected chi connectivity index (χ0v) is 11.6. The molecule has 0 spiro atoms. The quantitative estimate of drug-likeness (QED) is 0.793. The first-order valence-electron chi connectivity index (χ1n) is 6.44. The smallest absolute Gasteiger partial charge is 0.113 e. The van der Waals surface area contributed by atoms with E-state index < -0.39 is 0 Å². The highest BCUT2D eigenvalue weighted by atomic mass is 32.1. The summed E-state index contributed by atoms with van der Waals surface area (Å²) in [5.74, 6) is 0.842. The van der Waals surface area contributed by atoms with Crippen molar-refractivity contribution in [1.29, 1.82) is 0 Å². The molecule has 17 heavy (non-hydrogen) atoms. The summed E-state index contributed by atoms with van der Waals surface area (Å²) in [7, 11) is 1.75. The normalized spacial score (nSPS) is 28.7. The van der Waals surface area contributed by atoms with E-state index in [1.54, 1.807) is 18.4 Å². The molecule has 1 N–H and O–H groups in total. The Kier molecular flexibility index (Phi) is 4.54. The van der Waals surface area contributed by atoms with Crippen molar-refractivity contribution in [1.82, 2.24) is 10.3 Å². The number of hydrogen-bond donors (Lipinski definition) is 1. The van der Waals surface area contributed by atoms with Gasteiger partial charge in [-0.3, -0.25) is 0 Å². The summed E-state index contributed by atoms with van der Waals surface area (Å²) in [6, 6.07) is 0. The SMILES string of the molecule is CCC1CCC(NCCOC)(c2nccs2)C1. The summed E-state index contributed by atoms with van der Waals surface area (Å²) >= 11 is 1.78. The maximum Gasteiger partial charge on any atom is 0.113 e. The Hall–Kier alpha value is -0.450. The largest absolute Gasteiger partial charge is 0.383 e. The van der Waals surface area contributed by atoms with Gasteiger partial charge in [0.05, 0.1) is 12.1 Å². The van der Waals surface area contributed by atoms with Gasteiger partial charge < -0.3 is 10.1 Å². The number of nitrogens with zero attached hydrogens (tertiary/aromatic N) is 1. The Balaban J connectivity index is 2.07. The van der Waals surface area contributed by atoms with Gasteiger partial charge in [0.2, 0.25) is 0 Å². The molecule has 0 radical (unpaired) electrons. The molecule has 1 heterocycles. The molecule has 3 nitrogen and oxygen atoms in total. The Morgan fingerprint density at radius 2 is 2.53 bits per heavy atom. The first-order valence-corrected chi connectivity index (χ1v) is 7.32. The molecule has 0 bridgehead atoms. The van der Waals surface area contributed by atoms with E-state index in [9.17, 15) is 0 Å². The zero-order valence-electron chi connectivity index (χ0n) is 10.7. The van der Waals surface area contributed by atoms with E-state index in [2.05, 4.69) is 22.6 Å². The van der Waals surface area contributed by atoms with Crippen LogP contribution in [-0.2, 0) is 10.3 Å². The minimum absolute atomic E-state index is 0.118. The molecule has 1 saturated carbocycles. The second kappa shape index (κ2) is 5.94. The fourth-order valence-corrected chi connectivity index (χ4v) is 3.63. The average molecular weight is 254 g/mol. The third-order valence-electron chi connectivity index (χ3n) is 3.81. The van der Waals surface area contributed by atoms with Crippen LogP contribution in [0.15, 0.2) is 11.6 Å². The summed E-state index contributed by atoms with van der Waals surface area (Å²) < 4.78 is 5.14. The maximum absolute atomic E-state index is 5.14. The topological polar surface area (TPSA) is 34.1 Å². The van der Waals surface area contributed by atoms with Gasteiger partial charge in [-0.05, 0) is 25.2 Å². The maximum atomic E-state index is 5.14. The summed E-state index contributed by atoms with van der Waals surface area (Å²) in [6.07, 6.45) is 6.94. The molecular formula is C13H22N2OS. The van der Waals surface area contributed by atoms with Gasteiger partial charge in [0.1, 0.15) is 5.01 Å². The molecular weight excluding hydrogens is 232 g/mol. The first-order chi connectivity index (χ1) is 8.30. The van der Waals surface area contributed by atoms with Crippen molar-refractivity contribution in [3.05, 3.63) is 16.6 Å². The Bertz CT molecular complexity index is 328. The predicted molar refractivity (Wildman–Crippen MR) is 71.3 cm³/mol. The molecule has 0 aromatic carbocycles. The lowest BCUT2D eigenvalue weighted by Crippen LogP contribution is -2.41. The number of hydrogen-bond acceptors (Lipinski definition) is 4. The van der Waals surface area contributed by atoms with Crippen LogP contribution in [0, 0.1) is 5.92 Å². The second-order valence-corrected chi connectivity index (χ2v) is 5.75. The molecule has 1 aromatic rings. The molecule has 1 fully saturated rings. The number of methoxy groups -OCH3 is 1. The van der Waals surface area contributed by atoms with Crippen LogP contribution in [0.4, 0.5) is 0 Å². The van der Waals surface area contributed by atoms with Crippen molar-refractivity contribution in [3.8, 4) is 0 Å². The predicted octanol–water partition coefficient (Wildman–Crippen LogP) is 2.78. The highest BCUT2D eigenvalue weighted by Crippen LogP contribution is 2.43. The highest BCUT2D eigenvalue weighted by Gasteiger charge is 2.41. The molecule has 2 atom stereocenters. The number of thiazole rings is 1. The standard InChI is InChI=1S/C13H22N2OS/c1-3-11-4-5-13(10-11,15-6-8-16-2)12-14-7-9-17-12/h7,9,11,15H,3-6,8,10H2,1-2H3. The molecule has 1 aromatic heterocycles. The van der Waals surface area contributed by atoms with Gasteiger partial charge in [0, 0.05) is 25.2 Å². The third-order valence-corrected chi connectivity index (χ3v) is 4.78. The minimum Gasteiger partial charge on any atom is -0.383 e. The van der Waals surface area contributed by atoms with E-state index in [-0.39, 0.29) is 5.54 Å². The Labute approximate surface area is 108 Å². The van der Waals surface area contributed by atoms with Crippen LogP contribution in [0.1, 0.15) is 37.6 Å². The molecule has 2 unspecified atom stereocenters. The number of aromatic nitrogens is 1. The van der Waals surface area contributed by atoms with E-state index in [1.165, 1.54) is 30.7 Å². The van der Waals surface area contributed by atoms with Crippen molar-refractivity contribution >= 4 is 11.3 Å². The summed E-state index contributed by atoms with van der Waals surface area (Å²) in [4.78, 5) is 4.53. The van der Waals surface area contributed by atoms with Crippen LogP contribution in [0.2, 0.25) is 0 Å². The Morgan fingerprint density at radius 3 is 3.12 bits per heavy atom. The number of nitrogens with one attached hydrogen (secondary N) is 1. The lowest BCUT2D eigenvalue weighted by atomic mass is 9.95. The molecule has 0 saturated heterocycles. The van der Waals surface area contributed by atoms with Crippen LogP contribution in [-0.4, -0.2) is 25.2 Å². The van der Waals surface area contributed by atoms with Gasteiger partial charge in [-0.1, -0.05) is 13.3 Å². The number of rotatable bonds is 6. The van der Waals surface area contributed by atoms with E-state index in [4.69, 9.17) is 4.74 Å². The highest BCUT2D eigenvalue weighted by molar-refractivity contribution is 7.09. The monoisotopic (exact) mass is 254 g/mol. The van der Waals surface area contributed by atoms with Gasteiger partial charge in [-0.25, -0.2) is 4.98 Å². The minimum atomic E-state index is 0.118. The molecule has 4 heteroatoms. The van der Waals surface area contributed by atoms with E-state index in [1.807, 2.05) is 6.20 Å². The van der Waals surface area contributed by atoms with Gasteiger partial charge in [0.15, 0.2) is 0 Å². The molecule has 0 amide bonds. The van der Waals surface area contributed by atoms with E-state index in [0.717, 1.165) is 19.1 Å². The van der Waals surface area contributed by atoms with Crippen molar-refractivity contribution < 1.29 is 4.74 Å². The lowest BCUT2D eigenvalue weighted by Gasteiger charge is -2.28. The molecule has 1 aliphatic rings.